The average Bonchev–Trinajstić information content (AvgIpc) is 2.89. The maximum absolute atomic E-state index is 12.0. The van der Waals surface area contributed by atoms with Crippen LogP contribution in [0.2, 0.25) is 5.02 Å². The highest BCUT2D eigenvalue weighted by Crippen LogP contribution is 2.34. The lowest BCUT2D eigenvalue weighted by Crippen LogP contribution is -2.40. The van der Waals surface area contributed by atoms with Gasteiger partial charge in [-0.3, -0.25) is 4.79 Å². The van der Waals surface area contributed by atoms with Gasteiger partial charge in [0.1, 0.15) is 0 Å². The second kappa shape index (κ2) is 6.52. The van der Waals surface area contributed by atoms with Gasteiger partial charge in [0.25, 0.3) is 0 Å². The molecule has 0 saturated carbocycles. The molecule has 1 aromatic heterocycles. The van der Waals surface area contributed by atoms with E-state index in [0.29, 0.717) is 12.3 Å². The molecule has 4 nitrogen and oxygen atoms in total. The lowest BCUT2D eigenvalue weighted by atomic mass is 9.97. The molecule has 1 aliphatic rings. The molecule has 3 rings (SSSR count). The molecule has 1 atom stereocenters. The number of hydrogen-bond donors (Lipinski definition) is 1. The molecule has 6 heteroatoms. The van der Waals surface area contributed by atoms with Crippen LogP contribution in [0.5, 0.6) is 0 Å². The van der Waals surface area contributed by atoms with E-state index in [2.05, 4.69) is 0 Å². The lowest BCUT2D eigenvalue weighted by Gasteiger charge is -2.31. The number of nitrogens with zero attached hydrogens (tertiary/aromatic N) is 2. The molecule has 1 unspecified atom stereocenters. The van der Waals surface area contributed by atoms with Crippen molar-refractivity contribution in [3.63, 3.8) is 0 Å². The smallest absolute Gasteiger partial charge is 0.224 e. The van der Waals surface area contributed by atoms with Gasteiger partial charge in [-0.05, 0) is 38.0 Å². The van der Waals surface area contributed by atoms with Crippen LogP contribution in [0.15, 0.2) is 18.2 Å². The van der Waals surface area contributed by atoms with Gasteiger partial charge in [-0.15, -0.1) is 11.3 Å². The molecule has 1 aliphatic heterocycles. The normalized spacial score (nSPS) is 17.9. The van der Waals surface area contributed by atoms with Crippen LogP contribution in [0, 0.1) is 0 Å². The topological polar surface area (TPSA) is 59.2 Å². The first kappa shape index (κ1) is 15.7. The number of hydrogen-bond acceptors (Lipinski definition) is 4. The Labute approximate surface area is 139 Å². The first-order valence-corrected chi connectivity index (χ1v) is 8.81. The molecule has 1 fully saturated rings. The number of piperidine rings is 1. The quantitative estimate of drug-likeness (QED) is 0.933. The minimum atomic E-state index is -0.0702. The molecule has 0 aliphatic carbocycles. The number of carbonyl (C=O) groups is 1. The minimum absolute atomic E-state index is 0.0702. The van der Waals surface area contributed by atoms with Crippen LogP contribution in [0.25, 0.3) is 10.2 Å². The van der Waals surface area contributed by atoms with E-state index >= 15 is 0 Å². The predicted molar refractivity (Wildman–Crippen MR) is 91.5 cm³/mol. The van der Waals surface area contributed by atoms with Crippen LogP contribution < -0.4 is 5.73 Å². The second-order valence-corrected chi connectivity index (χ2v) is 7.50. The van der Waals surface area contributed by atoms with E-state index < -0.39 is 0 Å². The molecule has 2 aromatic rings. The van der Waals surface area contributed by atoms with Gasteiger partial charge in [0.15, 0.2) is 0 Å². The summed E-state index contributed by atoms with van der Waals surface area (Å²) >= 11 is 7.76. The maximum Gasteiger partial charge on any atom is 0.224 e. The van der Waals surface area contributed by atoms with Crippen LogP contribution in [0.1, 0.15) is 37.1 Å². The van der Waals surface area contributed by atoms with Crippen molar-refractivity contribution in [2.75, 3.05) is 13.1 Å². The lowest BCUT2D eigenvalue weighted by molar-refractivity contribution is -0.132. The van der Waals surface area contributed by atoms with E-state index in [9.17, 15) is 4.79 Å². The fourth-order valence-electron chi connectivity index (χ4n) is 2.87. The van der Waals surface area contributed by atoms with E-state index in [4.69, 9.17) is 22.3 Å². The Morgan fingerprint density at radius 3 is 2.91 bits per heavy atom. The second-order valence-electron chi connectivity index (χ2n) is 6.00. The molecular formula is C16H20ClN3OS. The Morgan fingerprint density at radius 1 is 1.50 bits per heavy atom. The minimum Gasteiger partial charge on any atom is -0.343 e. The third-order valence-electron chi connectivity index (χ3n) is 4.06. The van der Waals surface area contributed by atoms with Crippen molar-refractivity contribution in [2.24, 2.45) is 5.73 Å². The van der Waals surface area contributed by atoms with E-state index in [1.807, 2.05) is 30.0 Å². The zero-order valence-corrected chi connectivity index (χ0v) is 14.2. The molecule has 22 heavy (non-hydrogen) atoms. The summed E-state index contributed by atoms with van der Waals surface area (Å²) in [6, 6.07) is 5.78. The van der Waals surface area contributed by atoms with Crippen LogP contribution in [0.3, 0.4) is 0 Å². The Morgan fingerprint density at radius 2 is 2.23 bits per heavy atom. The molecule has 2 N–H and O–H groups in total. The number of carbonyl (C=O) groups excluding carboxylic acids is 1. The van der Waals surface area contributed by atoms with Gasteiger partial charge in [-0.1, -0.05) is 11.6 Å². The number of likely N-dealkylation sites (tertiary alicyclic amines) is 1. The van der Waals surface area contributed by atoms with Gasteiger partial charge in [0.05, 0.1) is 15.2 Å². The summed E-state index contributed by atoms with van der Waals surface area (Å²) in [5.74, 6) is 0.611. The number of rotatable bonds is 3. The summed E-state index contributed by atoms with van der Waals surface area (Å²) in [7, 11) is 0. The van der Waals surface area contributed by atoms with Gasteiger partial charge in [-0.25, -0.2) is 4.98 Å². The van der Waals surface area contributed by atoms with Gasteiger partial charge in [-0.2, -0.15) is 0 Å². The summed E-state index contributed by atoms with van der Waals surface area (Å²) in [5, 5.41) is 1.89. The van der Waals surface area contributed by atoms with Gasteiger partial charge < -0.3 is 10.6 Å². The monoisotopic (exact) mass is 337 g/mol. The molecule has 118 valence electrons. The molecule has 0 radical (unpaired) electrons. The molecule has 1 aromatic carbocycles. The van der Waals surface area contributed by atoms with Crippen molar-refractivity contribution in [1.82, 2.24) is 9.88 Å². The average molecular weight is 338 g/mol. The van der Waals surface area contributed by atoms with E-state index in [-0.39, 0.29) is 11.9 Å². The summed E-state index contributed by atoms with van der Waals surface area (Å²) < 4.78 is 1.18. The number of amides is 1. The van der Waals surface area contributed by atoms with Gasteiger partial charge >= 0.3 is 0 Å². The summed E-state index contributed by atoms with van der Waals surface area (Å²) in [6.07, 6.45) is 2.38. The highest BCUT2D eigenvalue weighted by Gasteiger charge is 2.26. The van der Waals surface area contributed by atoms with Crippen LogP contribution >= 0.6 is 22.9 Å². The first-order valence-electron chi connectivity index (χ1n) is 7.62. The molecule has 2 heterocycles. The Balaban J connectivity index is 1.66. The van der Waals surface area contributed by atoms with Crippen molar-refractivity contribution in [1.29, 1.82) is 0 Å². The first-order chi connectivity index (χ1) is 10.5. The molecule has 0 spiro atoms. The highest BCUT2D eigenvalue weighted by molar-refractivity contribution is 7.18. The zero-order valence-electron chi connectivity index (χ0n) is 12.6. The Kier molecular flexibility index (Phi) is 4.66. The summed E-state index contributed by atoms with van der Waals surface area (Å²) in [4.78, 5) is 18.7. The fourth-order valence-corrected chi connectivity index (χ4v) is 4.16. The Bertz CT molecular complexity index is 677. The predicted octanol–water partition coefficient (Wildman–Crippen LogP) is 3.39. The summed E-state index contributed by atoms with van der Waals surface area (Å²) in [5.41, 5.74) is 6.68. The van der Waals surface area contributed by atoms with E-state index in [0.717, 1.165) is 41.5 Å². The van der Waals surface area contributed by atoms with Crippen LogP contribution in [-0.2, 0) is 4.79 Å². The zero-order chi connectivity index (χ0) is 15.7. The molecule has 1 amide bonds. The van der Waals surface area contributed by atoms with Gasteiger partial charge in [0, 0.05) is 36.5 Å². The summed E-state index contributed by atoms with van der Waals surface area (Å²) in [6.45, 7) is 3.47. The van der Waals surface area contributed by atoms with Crippen molar-refractivity contribution in [2.45, 2.75) is 38.1 Å². The van der Waals surface area contributed by atoms with E-state index in [1.54, 1.807) is 11.3 Å². The number of nitrogens with two attached hydrogens (primary N) is 1. The number of thiazole rings is 1. The largest absolute Gasteiger partial charge is 0.343 e. The number of fused-ring (bicyclic) bond motifs is 1. The number of aromatic nitrogens is 1. The fraction of sp³-hybridized carbons (Fsp3) is 0.500. The third kappa shape index (κ3) is 3.42. The Hall–Kier alpha value is -1.17. The molecule has 1 saturated heterocycles. The standard InChI is InChI=1S/C16H20ClN3OS/c1-10(18)8-15(21)20-6-4-11(5-7-20)16-19-13-9-12(17)2-3-14(13)22-16/h2-3,9-11H,4-8,18H2,1H3. The van der Waals surface area contributed by atoms with Crippen LogP contribution in [-0.4, -0.2) is 34.9 Å². The highest BCUT2D eigenvalue weighted by atomic mass is 35.5. The number of halogens is 1. The van der Waals surface area contributed by atoms with Crippen molar-refractivity contribution >= 4 is 39.1 Å². The molecular weight excluding hydrogens is 318 g/mol. The SMILES string of the molecule is CC(N)CC(=O)N1CCC(c2nc3cc(Cl)ccc3s2)CC1. The third-order valence-corrected chi connectivity index (χ3v) is 5.49. The van der Waals surface area contributed by atoms with Crippen molar-refractivity contribution in [3.05, 3.63) is 28.2 Å². The van der Waals surface area contributed by atoms with Gasteiger partial charge in [0.2, 0.25) is 5.91 Å². The number of benzene rings is 1. The van der Waals surface area contributed by atoms with E-state index in [1.165, 1.54) is 4.70 Å². The van der Waals surface area contributed by atoms with Crippen LogP contribution in [0.4, 0.5) is 0 Å². The molecule has 0 bridgehead atoms. The van der Waals surface area contributed by atoms with Crippen molar-refractivity contribution < 1.29 is 4.79 Å². The maximum atomic E-state index is 12.0. The van der Waals surface area contributed by atoms with Crippen molar-refractivity contribution in [3.8, 4) is 0 Å².